The average Bonchev–Trinajstić information content (AvgIpc) is 2.28. The Morgan fingerprint density at radius 3 is 2.79 bits per heavy atom. The van der Waals surface area contributed by atoms with Crippen LogP contribution in [0.3, 0.4) is 0 Å². The first kappa shape index (κ1) is 11.5. The van der Waals surface area contributed by atoms with Crippen molar-refractivity contribution in [2.75, 3.05) is 6.54 Å². The van der Waals surface area contributed by atoms with Crippen molar-refractivity contribution in [2.45, 2.75) is 45.6 Å². The predicted octanol–water partition coefficient (Wildman–Crippen LogP) is 1.88. The number of rotatable bonds is 3. The van der Waals surface area contributed by atoms with Crippen molar-refractivity contribution in [3.05, 3.63) is 0 Å². The van der Waals surface area contributed by atoms with E-state index in [4.69, 9.17) is 5.11 Å². The molecule has 0 saturated carbocycles. The summed E-state index contributed by atoms with van der Waals surface area (Å²) < 4.78 is 0. The molecule has 82 valence electrons. The lowest BCUT2D eigenvalue weighted by molar-refractivity contribution is -0.138. The topological polar surface area (TPSA) is 49.3 Å². The van der Waals surface area contributed by atoms with E-state index < -0.39 is 5.97 Å². The van der Waals surface area contributed by atoms with Gasteiger partial charge in [-0.15, -0.1) is 0 Å². The normalized spacial score (nSPS) is 28.8. The zero-order valence-electron chi connectivity index (χ0n) is 9.12. The van der Waals surface area contributed by atoms with E-state index in [1.807, 2.05) is 0 Å². The zero-order valence-corrected chi connectivity index (χ0v) is 9.12. The third-order valence-electron chi connectivity index (χ3n) is 3.04. The summed E-state index contributed by atoms with van der Waals surface area (Å²) in [6.07, 6.45) is 3.71. The second kappa shape index (κ2) is 5.35. The minimum absolute atomic E-state index is 0.315. The van der Waals surface area contributed by atoms with Gasteiger partial charge in [-0.05, 0) is 31.2 Å². The molecule has 0 aromatic rings. The van der Waals surface area contributed by atoms with Gasteiger partial charge in [-0.3, -0.25) is 4.79 Å². The lowest BCUT2D eigenvalue weighted by Gasteiger charge is -2.28. The Labute approximate surface area is 85.9 Å². The monoisotopic (exact) mass is 199 g/mol. The van der Waals surface area contributed by atoms with E-state index in [1.165, 1.54) is 6.42 Å². The Morgan fingerprint density at radius 1 is 1.50 bits per heavy atom. The molecule has 3 heteroatoms. The van der Waals surface area contributed by atoms with Crippen LogP contribution in [-0.4, -0.2) is 23.7 Å². The van der Waals surface area contributed by atoms with Crippen LogP contribution in [0.1, 0.15) is 39.5 Å². The molecule has 1 heterocycles. The van der Waals surface area contributed by atoms with Crippen molar-refractivity contribution in [2.24, 2.45) is 11.8 Å². The first-order chi connectivity index (χ1) is 6.61. The number of carboxylic acid groups (broad SMARTS) is 1. The molecule has 0 radical (unpaired) electrons. The van der Waals surface area contributed by atoms with Crippen LogP contribution in [0, 0.1) is 11.8 Å². The maximum atomic E-state index is 10.7. The molecule has 1 saturated heterocycles. The number of aliphatic carboxylic acids is 1. The number of hydrogen-bond acceptors (Lipinski definition) is 2. The smallest absolute Gasteiger partial charge is 0.303 e. The van der Waals surface area contributed by atoms with Gasteiger partial charge in [0.1, 0.15) is 0 Å². The Balaban J connectivity index is 2.58. The molecule has 14 heavy (non-hydrogen) atoms. The SMILES string of the molecule is CC(C)[C@@H]1NCCCC[C@H]1CC(=O)O. The molecule has 0 aliphatic carbocycles. The molecule has 0 aromatic heterocycles. The zero-order chi connectivity index (χ0) is 10.6. The fourth-order valence-corrected chi connectivity index (χ4v) is 2.38. The molecule has 1 aliphatic heterocycles. The molecular weight excluding hydrogens is 178 g/mol. The molecular formula is C11H21NO2. The van der Waals surface area contributed by atoms with Crippen LogP contribution >= 0.6 is 0 Å². The minimum atomic E-state index is -0.663. The van der Waals surface area contributed by atoms with Crippen molar-refractivity contribution in [1.29, 1.82) is 0 Å². The van der Waals surface area contributed by atoms with Crippen LogP contribution in [0.5, 0.6) is 0 Å². The molecule has 0 spiro atoms. The van der Waals surface area contributed by atoms with Crippen molar-refractivity contribution in [1.82, 2.24) is 5.32 Å². The quantitative estimate of drug-likeness (QED) is 0.729. The molecule has 2 atom stereocenters. The van der Waals surface area contributed by atoms with Gasteiger partial charge in [0.25, 0.3) is 0 Å². The molecule has 0 amide bonds. The van der Waals surface area contributed by atoms with Gasteiger partial charge in [-0.1, -0.05) is 20.3 Å². The van der Waals surface area contributed by atoms with E-state index in [0.717, 1.165) is 19.4 Å². The Bertz CT molecular complexity index is 192. The van der Waals surface area contributed by atoms with Crippen LogP contribution in [0.4, 0.5) is 0 Å². The summed E-state index contributed by atoms with van der Waals surface area (Å²) in [6.45, 7) is 5.37. The van der Waals surface area contributed by atoms with Gasteiger partial charge in [-0.2, -0.15) is 0 Å². The highest BCUT2D eigenvalue weighted by molar-refractivity contribution is 5.67. The maximum Gasteiger partial charge on any atom is 0.303 e. The largest absolute Gasteiger partial charge is 0.481 e. The molecule has 1 rings (SSSR count). The van der Waals surface area contributed by atoms with Crippen LogP contribution < -0.4 is 5.32 Å². The van der Waals surface area contributed by atoms with Crippen LogP contribution in [0.25, 0.3) is 0 Å². The van der Waals surface area contributed by atoms with Crippen molar-refractivity contribution in [3.63, 3.8) is 0 Å². The third-order valence-corrected chi connectivity index (χ3v) is 3.04. The Kier molecular flexibility index (Phi) is 4.39. The highest BCUT2D eigenvalue weighted by Gasteiger charge is 2.27. The highest BCUT2D eigenvalue weighted by Crippen LogP contribution is 2.24. The first-order valence-corrected chi connectivity index (χ1v) is 5.56. The van der Waals surface area contributed by atoms with E-state index >= 15 is 0 Å². The second-order valence-corrected chi connectivity index (χ2v) is 4.58. The van der Waals surface area contributed by atoms with Crippen LogP contribution in [0.2, 0.25) is 0 Å². The highest BCUT2D eigenvalue weighted by atomic mass is 16.4. The second-order valence-electron chi connectivity index (χ2n) is 4.58. The summed E-state index contributed by atoms with van der Waals surface area (Å²) in [7, 11) is 0. The van der Waals surface area contributed by atoms with Crippen LogP contribution in [-0.2, 0) is 4.79 Å². The summed E-state index contributed by atoms with van der Waals surface area (Å²) in [5.74, 6) is 0.178. The van der Waals surface area contributed by atoms with Crippen LogP contribution in [0.15, 0.2) is 0 Å². The fourth-order valence-electron chi connectivity index (χ4n) is 2.38. The van der Waals surface area contributed by atoms with E-state index in [-0.39, 0.29) is 0 Å². The molecule has 1 aliphatic rings. The average molecular weight is 199 g/mol. The molecule has 3 nitrogen and oxygen atoms in total. The summed E-state index contributed by atoms with van der Waals surface area (Å²) in [5, 5.41) is 12.3. The summed E-state index contributed by atoms with van der Waals surface area (Å²) >= 11 is 0. The maximum absolute atomic E-state index is 10.7. The van der Waals surface area contributed by atoms with Crippen molar-refractivity contribution < 1.29 is 9.90 Å². The summed E-state index contributed by atoms with van der Waals surface area (Å²) in [6, 6.07) is 0.383. The van der Waals surface area contributed by atoms with Gasteiger partial charge in [-0.25, -0.2) is 0 Å². The summed E-state index contributed by atoms with van der Waals surface area (Å²) in [5.41, 5.74) is 0. The van der Waals surface area contributed by atoms with E-state index in [2.05, 4.69) is 19.2 Å². The Hall–Kier alpha value is -0.570. The third kappa shape index (κ3) is 3.29. The van der Waals surface area contributed by atoms with Gasteiger partial charge in [0.15, 0.2) is 0 Å². The van der Waals surface area contributed by atoms with Gasteiger partial charge in [0.05, 0.1) is 0 Å². The molecule has 2 N–H and O–H groups in total. The van der Waals surface area contributed by atoms with Gasteiger partial charge in [0.2, 0.25) is 0 Å². The van der Waals surface area contributed by atoms with E-state index in [0.29, 0.717) is 24.3 Å². The molecule has 0 bridgehead atoms. The molecule has 0 unspecified atom stereocenters. The lowest BCUT2D eigenvalue weighted by atomic mass is 9.85. The molecule has 0 aromatic carbocycles. The molecule has 1 fully saturated rings. The lowest BCUT2D eigenvalue weighted by Crippen LogP contribution is -2.40. The van der Waals surface area contributed by atoms with Gasteiger partial charge < -0.3 is 10.4 Å². The van der Waals surface area contributed by atoms with E-state index in [9.17, 15) is 4.79 Å². The van der Waals surface area contributed by atoms with E-state index in [1.54, 1.807) is 0 Å². The van der Waals surface area contributed by atoms with Gasteiger partial charge >= 0.3 is 5.97 Å². The predicted molar refractivity (Wildman–Crippen MR) is 56.2 cm³/mol. The summed E-state index contributed by atoms with van der Waals surface area (Å²) in [4.78, 5) is 10.7. The van der Waals surface area contributed by atoms with Crippen molar-refractivity contribution in [3.8, 4) is 0 Å². The first-order valence-electron chi connectivity index (χ1n) is 5.56. The standard InChI is InChI=1S/C11H21NO2/c1-8(2)11-9(7-10(13)14)5-3-4-6-12-11/h8-9,11-12H,3-7H2,1-2H3,(H,13,14)/t9-,11-/m0/s1. The minimum Gasteiger partial charge on any atom is -0.481 e. The Morgan fingerprint density at radius 2 is 2.21 bits per heavy atom. The van der Waals surface area contributed by atoms with Crippen molar-refractivity contribution >= 4 is 5.97 Å². The fraction of sp³-hybridized carbons (Fsp3) is 0.909. The number of carbonyl (C=O) groups is 1. The number of hydrogen-bond donors (Lipinski definition) is 2. The van der Waals surface area contributed by atoms with Gasteiger partial charge in [0, 0.05) is 12.5 Å². The number of nitrogens with one attached hydrogen (secondary N) is 1. The number of carboxylic acids is 1.